The van der Waals surface area contributed by atoms with E-state index in [1.54, 1.807) is 0 Å². The fraction of sp³-hybridized carbons (Fsp3) is 0.950. The third-order valence-electron chi connectivity index (χ3n) is 5.67. The van der Waals surface area contributed by atoms with E-state index in [0.717, 1.165) is 45.4 Å². The van der Waals surface area contributed by atoms with Crippen LogP contribution in [0.1, 0.15) is 52.4 Å². The van der Waals surface area contributed by atoms with Crippen LogP contribution in [0.25, 0.3) is 0 Å². The molecule has 2 saturated heterocycles. The summed E-state index contributed by atoms with van der Waals surface area (Å²) in [5, 5.41) is 6.96. The predicted octanol–water partition coefficient (Wildman–Crippen LogP) is 1.92. The second-order valence-electron chi connectivity index (χ2n) is 8.23. The van der Waals surface area contributed by atoms with Gasteiger partial charge in [-0.3, -0.25) is 9.89 Å². The number of guanidine groups is 1. The number of piperidine rings is 1. The number of nitrogens with zero attached hydrogens (tertiary/aromatic N) is 3. The van der Waals surface area contributed by atoms with Crippen LogP contribution in [0.3, 0.4) is 0 Å². The van der Waals surface area contributed by atoms with Gasteiger partial charge in [0.1, 0.15) is 0 Å². The Balaban J connectivity index is 1.54. The lowest BCUT2D eigenvalue weighted by atomic mass is 10.0. The van der Waals surface area contributed by atoms with Crippen molar-refractivity contribution >= 4 is 5.96 Å². The van der Waals surface area contributed by atoms with Crippen molar-refractivity contribution in [1.82, 2.24) is 20.4 Å². The Morgan fingerprint density at radius 2 is 1.69 bits per heavy atom. The summed E-state index contributed by atoms with van der Waals surface area (Å²) in [4.78, 5) is 9.50. The fourth-order valence-electron chi connectivity index (χ4n) is 3.83. The highest BCUT2D eigenvalue weighted by atomic mass is 16.5. The van der Waals surface area contributed by atoms with E-state index in [2.05, 4.69) is 39.3 Å². The molecule has 2 N–H and O–H groups in total. The van der Waals surface area contributed by atoms with E-state index >= 15 is 0 Å². The average Bonchev–Trinajstić information content (AvgIpc) is 2.68. The quantitative estimate of drug-likeness (QED) is 0.370. The van der Waals surface area contributed by atoms with Crippen molar-refractivity contribution in [3.63, 3.8) is 0 Å². The lowest BCUT2D eigenvalue weighted by Gasteiger charge is -2.41. The standard InChI is InChI=1S/C20H41N5O/c1-20(2,25-14-16-26-17-15-25)18-23-19(21-3)22-10-6-4-7-11-24-12-8-5-9-13-24/h4-18H2,1-3H3,(H2,21,22,23). The van der Waals surface area contributed by atoms with Crippen LogP contribution in [-0.2, 0) is 4.74 Å². The molecule has 0 saturated carbocycles. The number of hydrogen-bond donors (Lipinski definition) is 2. The summed E-state index contributed by atoms with van der Waals surface area (Å²) in [6, 6.07) is 0. The SMILES string of the molecule is CN=C(NCCCCCN1CCCCC1)NCC(C)(C)N1CCOCC1. The zero-order chi connectivity index (χ0) is 18.7. The zero-order valence-electron chi connectivity index (χ0n) is 17.4. The van der Waals surface area contributed by atoms with E-state index in [9.17, 15) is 0 Å². The van der Waals surface area contributed by atoms with Crippen molar-refractivity contribution in [1.29, 1.82) is 0 Å². The van der Waals surface area contributed by atoms with Gasteiger partial charge >= 0.3 is 0 Å². The van der Waals surface area contributed by atoms with E-state index in [-0.39, 0.29) is 5.54 Å². The van der Waals surface area contributed by atoms with Crippen LogP contribution < -0.4 is 10.6 Å². The molecule has 152 valence electrons. The third kappa shape index (κ3) is 7.80. The van der Waals surface area contributed by atoms with Crippen molar-refractivity contribution in [3.05, 3.63) is 0 Å². The van der Waals surface area contributed by atoms with Crippen LogP contribution in [0.15, 0.2) is 4.99 Å². The van der Waals surface area contributed by atoms with Crippen LogP contribution in [0.2, 0.25) is 0 Å². The van der Waals surface area contributed by atoms with E-state index in [1.807, 2.05) is 7.05 Å². The number of unbranched alkanes of at least 4 members (excludes halogenated alkanes) is 2. The lowest BCUT2D eigenvalue weighted by Crippen LogP contribution is -2.56. The minimum Gasteiger partial charge on any atom is -0.379 e. The van der Waals surface area contributed by atoms with Gasteiger partial charge in [0.05, 0.1) is 13.2 Å². The largest absolute Gasteiger partial charge is 0.379 e. The van der Waals surface area contributed by atoms with Gasteiger partial charge in [0, 0.05) is 38.8 Å². The molecule has 6 nitrogen and oxygen atoms in total. The topological polar surface area (TPSA) is 52.1 Å². The number of morpholine rings is 1. The second kappa shape index (κ2) is 11.8. The van der Waals surface area contributed by atoms with Crippen molar-refractivity contribution in [2.24, 2.45) is 4.99 Å². The minimum atomic E-state index is 0.107. The summed E-state index contributed by atoms with van der Waals surface area (Å²) in [5.41, 5.74) is 0.107. The van der Waals surface area contributed by atoms with Gasteiger partial charge in [-0.25, -0.2) is 0 Å². The van der Waals surface area contributed by atoms with Crippen LogP contribution in [0.4, 0.5) is 0 Å². The molecule has 0 aromatic rings. The first kappa shape index (κ1) is 21.5. The summed E-state index contributed by atoms with van der Waals surface area (Å²) in [5.74, 6) is 0.919. The Bertz CT molecular complexity index is 401. The molecule has 2 fully saturated rings. The molecule has 0 aromatic carbocycles. The molecule has 2 heterocycles. The van der Waals surface area contributed by atoms with Crippen molar-refractivity contribution in [2.75, 3.05) is 66.1 Å². The molecule has 6 heteroatoms. The fourth-order valence-corrected chi connectivity index (χ4v) is 3.83. The molecule has 0 radical (unpaired) electrons. The number of likely N-dealkylation sites (tertiary alicyclic amines) is 1. The predicted molar refractivity (Wildman–Crippen MR) is 110 cm³/mol. The van der Waals surface area contributed by atoms with Gasteiger partial charge in [-0.15, -0.1) is 0 Å². The number of rotatable bonds is 9. The Morgan fingerprint density at radius 3 is 2.38 bits per heavy atom. The van der Waals surface area contributed by atoms with E-state index in [1.165, 1.54) is 58.2 Å². The first-order valence-electron chi connectivity index (χ1n) is 10.6. The molecule has 0 spiro atoms. The van der Waals surface area contributed by atoms with Gasteiger partial charge in [0.2, 0.25) is 0 Å². The maximum atomic E-state index is 5.46. The van der Waals surface area contributed by atoms with Gasteiger partial charge in [-0.2, -0.15) is 0 Å². The smallest absolute Gasteiger partial charge is 0.191 e. The second-order valence-corrected chi connectivity index (χ2v) is 8.23. The molecule has 0 bridgehead atoms. The highest BCUT2D eigenvalue weighted by Gasteiger charge is 2.28. The number of hydrogen-bond acceptors (Lipinski definition) is 4. The molecular formula is C20H41N5O. The summed E-state index contributed by atoms with van der Waals surface area (Å²) in [6.45, 7) is 14.1. The number of aliphatic imine (C=N–C) groups is 1. The Labute approximate surface area is 160 Å². The minimum absolute atomic E-state index is 0.107. The third-order valence-corrected chi connectivity index (χ3v) is 5.67. The molecule has 0 atom stereocenters. The molecule has 0 aliphatic carbocycles. The van der Waals surface area contributed by atoms with E-state index in [4.69, 9.17) is 4.74 Å². The van der Waals surface area contributed by atoms with Gasteiger partial charge in [0.25, 0.3) is 0 Å². The van der Waals surface area contributed by atoms with Crippen LogP contribution in [-0.4, -0.2) is 87.4 Å². The number of nitrogens with one attached hydrogen (secondary N) is 2. The monoisotopic (exact) mass is 367 g/mol. The van der Waals surface area contributed by atoms with Crippen LogP contribution in [0, 0.1) is 0 Å². The van der Waals surface area contributed by atoms with Crippen molar-refractivity contribution < 1.29 is 4.74 Å². The van der Waals surface area contributed by atoms with E-state index < -0.39 is 0 Å². The molecule has 2 aliphatic rings. The van der Waals surface area contributed by atoms with Crippen LogP contribution >= 0.6 is 0 Å². The van der Waals surface area contributed by atoms with Gasteiger partial charge in [-0.1, -0.05) is 12.8 Å². The Morgan fingerprint density at radius 1 is 0.962 bits per heavy atom. The van der Waals surface area contributed by atoms with E-state index in [0.29, 0.717) is 0 Å². The maximum Gasteiger partial charge on any atom is 0.191 e. The highest BCUT2D eigenvalue weighted by molar-refractivity contribution is 5.79. The zero-order valence-corrected chi connectivity index (χ0v) is 17.4. The Hall–Kier alpha value is -0.850. The maximum absolute atomic E-state index is 5.46. The van der Waals surface area contributed by atoms with Crippen molar-refractivity contribution in [2.45, 2.75) is 57.9 Å². The summed E-state index contributed by atoms with van der Waals surface area (Å²) in [7, 11) is 1.85. The van der Waals surface area contributed by atoms with Gasteiger partial charge < -0.3 is 20.3 Å². The van der Waals surface area contributed by atoms with Crippen molar-refractivity contribution in [3.8, 4) is 0 Å². The molecule has 0 amide bonds. The van der Waals surface area contributed by atoms with Gasteiger partial charge in [-0.05, 0) is 59.2 Å². The molecule has 0 aromatic heterocycles. The molecular weight excluding hydrogens is 326 g/mol. The van der Waals surface area contributed by atoms with Gasteiger partial charge in [0.15, 0.2) is 5.96 Å². The van der Waals surface area contributed by atoms with Crippen LogP contribution in [0.5, 0.6) is 0 Å². The molecule has 26 heavy (non-hydrogen) atoms. The number of ether oxygens (including phenoxy) is 1. The molecule has 2 aliphatic heterocycles. The summed E-state index contributed by atoms with van der Waals surface area (Å²) in [6.07, 6.45) is 8.03. The Kier molecular flexibility index (Phi) is 9.72. The first-order valence-corrected chi connectivity index (χ1v) is 10.6. The lowest BCUT2D eigenvalue weighted by molar-refractivity contribution is -0.00833. The molecule has 0 unspecified atom stereocenters. The normalized spacial score (nSPS) is 21.0. The highest BCUT2D eigenvalue weighted by Crippen LogP contribution is 2.15. The molecule has 2 rings (SSSR count). The average molecular weight is 368 g/mol. The summed E-state index contributed by atoms with van der Waals surface area (Å²) < 4.78 is 5.46. The summed E-state index contributed by atoms with van der Waals surface area (Å²) >= 11 is 0. The first-order chi connectivity index (χ1) is 12.6.